The normalized spacial score (nSPS) is 14.2. The average Bonchev–Trinajstić information content (AvgIpc) is 2.20. The highest BCUT2D eigenvalue weighted by Crippen LogP contribution is 2.29. The molecule has 0 aliphatic rings. The van der Waals surface area contributed by atoms with Crippen LogP contribution in [-0.2, 0) is 4.79 Å². The van der Waals surface area contributed by atoms with Gasteiger partial charge in [-0.05, 0) is 32.0 Å². The number of aliphatic hydroxyl groups excluding tert-OH is 1. The van der Waals surface area contributed by atoms with Gasteiger partial charge in [0.15, 0.2) is 6.10 Å². The van der Waals surface area contributed by atoms with Crippen molar-refractivity contribution in [2.45, 2.75) is 26.1 Å². The lowest BCUT2D eigenvalue weighted by molar-refractivity contribution is -0.144. The number of hydrogen-bond donors (Lipinski definition) is 2. The van der Waals surface area contributed by atoms with Crippen LogP contribution in [0, 0.1) is 0 Å². The lowest BCUT2D eigenvalue weighted by Crippen LogP contribution is -2.23. The first-order valence-corrected chi connectivity index (χ1v) is 5.58. The number of benzene rings is 1. The van der Waals surface area contributed by atoms with E-state index >= 15 is 0 Å². The van der Waals surface area contributed by atoms with Gasteiger partial charge < -0.3 is 14.9 Å². The van der Waals surface area contributed by atoms with Crippen molar-refractivity contribution in [3.63, 3.8) is 0 Å². The fraction of sp³-hybridized carbons (Fsp3) is 0.364. The third-order valence-corrected chi connectivity index (χ3v) is 2.57. The van der Waals surface area contributed by atoms with Crippen LogP contribution in [0.25, 0.3) is 0 Å². The molecule has 1 aromatic rings. The van der Waals surface area contributed by atoms with Gasteiger partial charge in [0.2, 0.25) is 0 Å². The third-order valence-electron chi connectivity index (χ3n) is 2.07. The van der Waals surface area contributed by atoms with Crippen molar-refractivity contribution in [3.8, 4) is 5.75 Å². The van der Waals surface area contributed by atoms with Crippen LogP contribution in [0.4, 0.5) is 0 Å². The maximum atomic E-state index is 10.7. The van der Waals surface area contributed by atoms with Crippen molar-refractivity contribution in [3.05, 3.63) is 28.2 Å². The first-order valence-electron chi connectivity index (χ1n) is 4.78. The van der Waals surface area contributed by atoms with Gasteiger partial charge in [-0.1, -0.05) is 15.9 Å². The van der Waals surface area contributed by atoms with Gasteiger partial charge >= 0.3 is 5.97 Å². The van der Waals surface area contributed by atoms with Crippen molar-refractivity contribution in [1.29, 1.82) is 0 Å². The second-order valence-corrected chi connectivity index (χ2v) is 4.37. The summed E-state index contributed by atoms with van der Waals surface area (Å²) in [6, 6.07) is 5.07. The molecule has 0 aromatic heterocycles. The Morgan fingerprint density at radius 3 is 2.56 bits per heavy atom. The van der Waals surface area contributed by atoms with Gasteiger partial charge in [0, 0.05) is 10.0 Å². The van der Waals surface area contributed by atoms with E-state index < -0.39 is 18.2 Å². The molecule has 0 fully saturated rings. The molecule has 2 N–H and O–H groups in total. The Morgan fingerprint density at radius 2 is 2.06 bits per heavy atom. The molecule has 0 heterocycles. The fourth-order valence-corrected chi connectivity index (χ4v) is 1.57. The van der Waals surface area contributed by atoms with Crippen LogP contribution >= 0.6 is 15.9 Å². The largest absolute Gasteiger partial charge is 0.479 e. The van der Waals surface area contributed by atoms with Crippen molar-refractivity contribution in [1.82, 2.24) is 0 Å². The summed E-state index contributed by atoms with van der Waals surface area (Å²) in [5.41, 5.74) is 0.558. The Bertz CT molecular complexity index is 390. The summed E-state index contributed by atoms with van der Waals surface area (Å²) in [6.07, 6.45) is -1.66. The molecule has 0 aliphatic carbocycles. The summed E-state index contributed by atoms with van der Waals surface area (Å²) in [5.74, 6) is -0.660. The van der Waals surface area contributed by atoms with Gasteiger partial charge in [0.25, 0.3) is 0 Å². The Kier molecular flexibility index (Phi) is 4.32. The quantitative estimate of drug-likeness (QED) is 0.893. The summed E-state index contributed by atoms with van der Waals surface area (Å²) < 4.78 is 6.05. The molecular weight excluding hydrogens is 276 g/mol. The van der Waals surface area contributed by atoms with Crippen molar-refractivity contribution in [2.24, 2.45) is 0 Å². The van der Waals surface area contributed by atoms with E-state index in [-0.39, 0.29) is 0 Å². The van der Waals surface area contributed by atoms with Crippen LogP contribution in [0.3, 0.4) is 0 Å². The molecule has 0 amide bonds. The average molecular weight is 289 g/mol. The number of carbonyl (C=O) groups is 1. The van der Waals surface area contributed by atoms with Gasteiger partial charge in [0.1, 0.15) is 5.75 Å². The van der Waals surface area contributed by atoms with E-state index in [1.54, 1.807) is 25.1 Å². The van der Waals surface area contributed by atoms with Crippen LogP contribution in [0.2, 0.25) is 0 Å². The molecule has 4 nitrogen and oxygen atoms in total. The Morgan fingerprint density at radius 1 is 1.44 bits per heavy atom. The number of carboxylic acid groups (broad SMARTS) is 1. The van der Waals surface area contributed by atoms with Crippen LogP contribution in [0.1, 0.15) is 25.5 Å². The zero-order valence-electron chi connectivity index (χ0n) is 8.98. The zero-order valence-corrected chi connectivity index (χ0v) is 10.6. The van der Waals surface area contributed by atoms with E-state index in [4.69, 9.17) is 9.84 Å². The SMILES string of the molecule is CC(Oc1ccc(Br)cc1[C@H](C)O)C(=O)O. The van der Waals surface area contributed by atoms with E-state index in [0.717, 1.165) is 4.47 Å². The van der Waals surface area contributed by atoms with Gasteiger partial charge in [-0.25, -0.2) is 4.79 Å². The minimum Gasteiger partial charge on any atom is -0.479 e. The minimum atomic E-state index is -1.04. The van der Waals surface area contributed by atoms with E-state index in [0.29, 0.717) is 11.3 Å². The van der Waals surface area contributed by atoms with Crippen molar-refractivity contribution >= 4 is 21.9 Å². The predicted molar refractivity (Wildman–Crippen MR) is 62.5 cm³/mol. The van der Waals surface area contributed by atoms with Gasteiger partial charge in [-0.15, -0.1) is 0 Å². The number of aliphatic carboxylic acids is 1. The molecule has 0 bridgehead atoms. The molecule has 0 saturated carbocycles. The molecule has 16 heavy (non-hydrogen) atoms. The van der Waals surface area contributed by atoms with E-state index in [2.05, 4.69) is 15.9 Å². The second kappa shape index (κ2) is 5.32. The lowest BCUT2D eigenvalue weighted by Gasteiger charge is -2.16. The van der Waals surface area contributed by atoms with Gasteiger partial charge in [0.05, 0.1) is 6.10 Å². The fourth-order valence-electron chi connectivity index (χ4n) is 1.19. The van der Waals surface area contributed by atoms with Gasteiger partial charge in [-0.3, -0.25) is 0 Å². The highest BCUT2D eigenvalue weighted by atomic mass is 79.9. The maximum absolute atomic E-state index is 10.7. The summed E-state index contributed by atoms with van der Waals surface area (Å²) >= 11 is 3.28. The minimum absolute atomic E-state index is 0.383. The number of hydrogen-bond acceptors (Lipinski definition) is 3. The molecule has 0 aliphatic heterocycles. The van der Waals surface area contributed by atoms with Crippen LogP contribution in [-0.4, -0.2) is 22.3 Å². The summed E-state index contributed by atoms with van der Waals surface area (Å²) in [7, 11) is 0. The molecule has 1 aromatic carbocycles. The number of carboxylic acids is 1. The molecule has 0 spiro atoms. The second-order valence-electron chi connectivity index (χ2n) is 3.46. The lowest BCUT2D eigenvalue weighted by atomic mass is 10.1. The molecule has 88 valence electrons. The summed E-state index contributed by atoms with van der Waals surface area (Å²) in [4.78, 5) is 10.7. The summed E-state index contributed by atoms with van der Waals surface area (Å²) in [6.45, 7) is 3.04. The van der Waals surface area contributed by atoms with E-state index in [1.165, 1.54) is 6.92 Å². The zero-order chi connectivity index (χ0) is 12.3. The number of ether oxygens (including phenoxy) is 1. The van der Waals surface area contributed by atoms with Crippen LogP contribution < -0.4 is 4.74 Å². The van der Waals surface area contributed by atoms with Crippen LogP contribution in [0.5, 0.6) is 5.75 Å². The number of rotatable bonds is 4. The van der Waals surface area contributed by atoms with Crippen LogP contribution in [0.15, 0.2) is 22.7 Å². The third kappa shape index (κ3) is 3.21. The Hall–Kier alpha value is -1.07. The van der Waals surface area contributed by atoms with Gasteiger partial charge in [-0.2, -0.15) is 0 Å². The number of halogens is 1. The molecule has 1 unspecified atom stereocenters. The Balaban J connectivity index is 2.99. The highest BCUT2D eigenvalue weighted by Gasteiger charge is 2.16. The molecular formula is C11H13BrO4. The smallest absolute Gasteiger partial charge is 0.344 e. The van der Waals surface area contributed by atoms with Crippen molar-refractivity contribution < 1.29 is 19.7 Å². The van der Waals surface area contributed by atoms with Crippen molar-refractivity contribution in [2.75, 3.05) is 0 Å². The molecule has 1 rings (SSSR count). The first-order chi connectivity index (χ1) is 7.41. The summed E-state index contributed by atoms with van der Waals surface area (Å²) in [5, 5.41) is 18.3. The topological polar surface area (TPSA) is 66.8 Å². The molecule has 5 heteroatoms. The predicted octanol–water partition coefficient (Wildman–Crippen LogP) is 2.35. The monoisotopic (exact) mass is 288 g/mol. The number of aliphatic hydroxyl groups is 1. The Labute approximate surface area is 102 Å². The first kappa shape index (κ1) is 13.0. The maximum Gasteiger partial charge on any atom is 0.344 e. The molecule has 0 radical (unpaired) electrons. The molecule has 2 atom stereocenters. The van der Waals surface area contributed by atoms with E-state index in [9.17, 15) is 9.90 Å². The highest BCUT2D eigenvalue weighted by molar-refractivity contribution is 9.10. The molecule has 0 saturated heterocycles. The van der Waals surface area contributed by atoms with E-state index in [1.807, 2.05) is 0 Å². The standard InChI is InChI=1S/C11H13BrO4/c1-6(13)9-5-8(12)3-4-10(9)16-7(2)11(14)15/h3-7,13H,1-2H3,(H,14,15)/t6-,7?/m0/s1.